The predicted octanol–water partition coefficient (Wildman–Crippen LogP) is 2.97. The highest BCUT2D eigenvalue weighted by Crippen LogP contribution is 2.33. The fourth-order valence-electron chi connectivity index (χ4n) is 1.68. The van der Waals surface area contributed by atoms with E-state index in [1.807, 2.05) is 0 Å². The third-order valence-corrected chi connectivity index (χ3v) is 2.64. The van der Waals surface area contributed by atoms with Gasteiger partial charge in [0.05, 0.1) is 11.8 Å². The highest BCUT2D eigenvalue weighted by molar-refractivity contribution is 5.99. The van der Waals surface area contributed by atoms with Gasteiger partial charge in [-0.15, -0.1) is 0 Å². The Bertz CT molecular complexity index is 637. The second-order valence-corrected chi connectivity index (χ2v) is 4.06. The maximum absolute atomic E-state index is 12.8. The zero-order valence-corrected chi connectivity index (χ0v) is 10.6. The molecule has 112 valence electrons. The fraction of sp³-hybridized carbons (Fsp3) is 0.154. The summed E-state index contributed by atoms with van der Waals surface area (Å²) in [5.74, 6) is 0.00650. The first kappa shape index (κ1) is 14.8. The van der Waals surface area contributed by atoms with Gasteiger partial charge < -0.3 is 20.1 Å². The van der Waals surface area contributed by atoms with E-state index in [1.54, 1.807) is 12.1 Å². The van der Waals surface area contributed by atoms with Crippen molar-refractivity contribution in [1.29, 1.82) is 0 Å². The molecular formula is C13H11F3N2O3. The van der Waals surface area contributed by atoms with E-state index in [1.165, 1.54) is 6.26 Å². The average Bonchev–Trinajstić information content (AvgIpc) is 2.96. The van der Waals surface area contributed by atoms with Crippen molar-refractivity contribution in [2.75, 3.05) is 0 Å². The maximum atomic E-state index is 12.8. The van der Waals surface area contributed by atoms with Crippen molar-refractivity contribution in [2.45, 2.75) is 12.8 Å². The molecule has 1 aromatic heterocycles. The third kappa shape index (κ3) is 3.47. The van der Waals surface area contributed by atoms with Crippen LogP contribution >= 0.6 is 0 Å². The molecule has 0 unspecified atom stereocenters. The van der Waals surface area contributed by atoms with Gasteiger partial charge in [-0.2, -0.15) is 13.2 Å². The van der Waals surface area contributed by atoms with E-state index in [-0.39, 0.29) is 12.4 Å². The summed E-state index contributed by atoms with van der Waals surface area (Å²) >= 11 is 0. The minimum atomic E-state index is -4.62. The predicted molar refractivity (Wildman–Crippen MR) is 67.0 cm³/mol. The molecule has 0 spiro atoms. The number of ether oxygens (including phenoxy) is 1. The van der Waals surface area contributed by atoms with Crippen molar-refractivity contribution in [3.05, 3.63) is 53.5 Å². The van der Waals surface area contributed by atoms with E-state index < -0.39 is 23.1 Å². The minimum absolute atomic E-state index is 0.0496. The van der Waals surface area contributed by atoms with Crippen LogP contribution in [0.1, 0.15) is 16.9 Å². The Morgan fingerprint density at radius 2 is 2.10 bits per heavy atom. The van der Waals surface area contributed by atoms with Gasteiger partial charge in [-0.3, -0.25) is 0 Å². The van der Waals surface area contributed by atoms with Gasteiger partial charge in [-0.05, 0) is 30.3 Å². The topological polar surface area (TPSA) is 81.0 Å². The molecule has 2 rings (SSSR count). The Kier molecular flexibility index (Phi) is 4.06. The lowest BCUT2D eigenvalue weighted by molar-refractivity contribution is -0.137. The molecule has 0 aliphatic carbocycles. The van der Waals surface area contributed by atoms with Crippen LogP contribution in [0.3, 0.4) is 0 Å². The number of amidine groups is 1. The Balaban J connectivity index is 2.29. The molecule has 3 N–H and O–H groups in total. The van der Waals surface area contributed by atoms with Crippen molar-refractivity contribution < 1.29 is 27.5 Å². The summed E-state index contributed by atoms with van der Waals surface area (Å²) in [7, 11) is 0. The summed E-state index contributed by atoms with van der Waals surface area (Å²) < 4.78 is 48.9. The summed E-state index contributed by atoms with van der Waals surface area (Å²) in [6.07, 6.45) is -3.17. The second kappa shape index (κ2) is 5.78. The summed E-state index contributed by atoms with van der Waals surface area (Å²) in [6.45, 7) is 0.0496. The van der Waals surface area contributed by atoms with E-state index in [0.717, 1.165) is 18.2 Å². The first-order valence-electron chi connectivity index (χ1n) is 5.76. The lowest BCUT2D eigenvalue weighted by Gasteiger charge is -2.13. The van der Waals surface area contributed by atoms with Crippen LogP contribution in [0.5, 0.6) is 5.75 Å². The van der Waals surface area contributed by atoms with Gasteiger partial charge >= 0.3 is 6.18 Å². The van der Waals surface area contributed by atoms with Crippen LogP contribution < -0.4 is 10.5 Å². The van der Waals surface area contributed by atoms with Gasteiger partial charge in [0.25, 0.3) is 0 Å². The van der Waals surface area contributed by atoms with Crippen LogP contribution in [-0.4, -0.2) is 11.0 Å². The molecule has 0 saturated carbocycles. The summed E-state index contributed by atoms with van der Waals surface area (Å²) in [6, 6.07) is 6.34. The van der Waals surface area contributed by atoms with E-state index in [2.05, 4.69) is 5.16 Å². The highest BCUT2D eigenvalue weighted by Gasteiger charge is 2.34. The first-order chi connectivity index (χ1) is 9.91. The van der Waals surface area contributed by atoms with Gasteiger partial charge in [0.1, 0.15) is 18.1 Å². The average molecular weight is 300 g/mol. The Labute approximate surface area is 117 Å². The SMILES string of the molecule is N/C(=N/O)c1cc(OCc2ccco2)ccc1C(F)(F)F. The largest absolute Gasteiger partial charge is 0.486 e. The first-order valence-corrected chi connectivity index (χ1v) is 5.76. The van der Waals surface area contributed by atoms with Gasteiger partial charge in [0.2, 0.25) is 0 Å². The number of hydrogen-bond donors (Lipinski definition) is 2. The van der Waals surface area contributed by atoms with Crippen LogP contribution in [0.15, 0.2) is 46.2 Å². The number of rotatable bonds is 4. The number of hydrogen-bond acceptors (Lipinski definition) is 4. The van der Waals surface area contributed by atoms with Crippen LogP contribution in [0, 0.1) is 0 Å². The van der Waals surface area contributed by atoms with E-state index in [4.69, 9.17) is 20.1 Å². The van der Waals surface area contributed by atoms with Gasteiger partial charge in [-0.1, -0.05) is 5.16 Å². The van der Waals surface area contributed by atoms with Crippen LogP contribution in [0.25, 0.3) is 0 Å². The molecule has 0 fully saturated rings. The molecule has 21 heavy (non-hydrogen) atoms. The summed E-state index contributed by atoms with van der Waals surface area (Å²) in [5, 5.41) is 11.2. The zero-order chi connectivity index (χ0) is 15.5. The van der Waals surface area contributed by atoms with Gasteiger partial charge in [-0.25, -0.2) is 0 Å². The van der Waals surface area contributed by atoms with Crippen molar-refractivity contribution in [3.8, 4) is 5.75 Å². The second-order valence-electron chi connectivity index (χ2n) is 4.06. The quantitative estimate of drug-likeness (QED) is 0.394. The van der Waals surface area contributed by atoms with Gasteiger partial charge in [0, 0.05) is 5.56 Å². The Morgan fingerprint density at radius 3 is 2.67 bits per heavy atom. The third-order valence-electron chi connectivity index (χ3n) is 2.64. The number of furan rings is 1. The van der Waals surface area contributed by atoms with E-state index in [0.29, 0.717) is 5.76 Å². The van der Waals surface area contributed by atoms with Crippen molar-refractivity contribution >= 4 is 5.84 Å². The molecule has 0 saturated heterocycles. The van der Waals surface area contributed by atoms with Gasteiger partial charge in [0.15, 0.2) is 5.84 Å². The molecule has 0 aliphatic heterocycles. The van der Waals surface area contributed by atoms with E-state index in [9.17, 15) is 13.2 Å². The minimum Gasteiger partial charge on any atom is -0.486 e. The molecular weight excluding hydrogens is 289 g/mol. The van der Waals surface area contributed by atoms with Crippen LogP contribution in [0.2, 0.25) is 0 Å². The number of halogens is 3. The smallest absolute Gasteiger partial charge is 0.417 e. The highest BCUT2D eigenvalue weighted by atomic mass is 19.4. The molecule has 0 radical (unpaired) electrons. The molecule has 1 aromatic carbocycles. The monoisotopic (exact) mass is 300 g/mol. The molecule has 2 aromatic rings. The van der Waals surface area contributed by atoms with Crippen molar-refractivity contribution in [3.63, 3.8) is 0 Å². The normalized spacial score (nSPS) is 12.4. The maximum Gasteiger partial charge on any atom is 0.417 e. The van der Waals surface area contributed by atoms with Crippen molar-refractivity contribution in [2.24, 2.45) is 10.9 Å². The number of benzene rings is 1. The molecule has 5 nitrogen and oxygen atoms in total. The molecule has 8 heteroatoms. The Hall–Kier alpha value is -2.64. The molecule has 1 heterocycles. The zero-order valence-electron chi connectivity index (χ0n) is 10.6. The summed E-state index contributed by atoms with van der Waals surface area (Å²) in [4.78, 5) is 0. The van der Waals surface area contributed by atoms with Crippen LogP contribution in [-0.2, 0) is 12.8 Å². The summed E-state index contributed by atoms with van der Waals surface area (Å²) in [5.41, 5.74) is 3.81. The standard InChI is InChI=1S/C13H11F3N2O3/c14-13(15,16)11-4-3-8(6-10(11)12(17)18-19)21-7-9-2-1-5-20-9/h1-6,19H,7H2,(H2,17,18). The van der Waals surface area contributed by atoms with E-state index >= 15 is 0 Å². The van der Waals surface area contributed by atoms with Crippen molar-refractivity contribution in [1.82, 2.24) is 0 Å². The lowest BCUT2D eigenvalue weighted by Crippen LogP contribution is -2.20. The number of alkyl halides is 3. The molecule has 0 aliphatic rings. The molecule has 0 amide bonds. The number of nitrogens with two attached hydrogens (primary N) is 1. The number of oxime groups is 1. The fourth-order valence-corrected chi connectivity index (χ4v) is 1.68. The lowest BCUT2D eigenvalue weighted by atomic mass is 10.1. The molecule has 0 atom stereocenters. The van der Waals surface area contributed by atoms with Crippen LogP contribution in [0.4, 0.5) is 13.2 Å². The number of nitrogens with zero attached hydrogens (tertiary/aromatic N) is 1. The Morgan fingerprint density at radius 1 is 1.33 bits per heavy atom. The molecule has 0 bridgehead atoms.